The van der Waals surface area contributed by atoms with E-state index in [2.05, 4.69) is 6.07 Å². The Morgan fingerprint density at radius 2 is 1.75 bits per heavy atom. The number of halogens is 1. The SMILES string of the molecule is CC(=O)c1cc(F)ccc1OCc1cc(C)cc(C)c1. The monoisotopic (exact) mass is 272 g/mol. The number of hydrogen-bond donors (Lipinski definition) is 0. The van der Waals surface area contributed by atoms with Crippen LogP contribution in [0.1, 0.15) is 34.0 Å². The Hall–Kier alpha value is -2.16. The first-order valence-electron chi connectivity index (χ1n) is 6.46. The van der Waals surface area contributed by atoms with Crippen LogP contribution >= 0.6 is 0 Å². The normalized spacial score (nSPS) is 10.4. The van der Waals surface area contributed by atoms with Gasteiger partial charge >= 0.3 is 0 Å². The molecule has 0 aliphatic carbocycles. The highest BCUT2D eigenvalue weighted by Crippen LogP contribution is 2.22. The van der Waals surface area contributed by atoms with Gasteiger partial charge in [0, 0.05) is 0 Å². The van der Waals surface area contributed by atoms with Crippen LogP contribution in [0.15, 0.2) is 36.4 Å². The molecule has 3 heteroatoms. The number of aryl methyl sites for hydroxylation is 2. The van der Waals surface area contributed by atoms with E-state index in [4.69, 9.17) is 4.74 Å². The fourth-order valence-corrected chi connectivity index (χ4v) is 2.22. The molecular weight excluding hydrogens is 255 g/mol. The third kappa shape index (κ3) is 3.44. The maximum Gasteiger partial charge on any atom is 0.163 e. The quantitative estimate of drug-likeness (QED) is 0.779. The van der Waals surface area contributed by atoms with Crippen molar-refractivity contribution in [3.8, 4) is 5.75 Å². The molecule has 0 radical (unpaired) electrons. The maximum absolute atomic E-state index is 13.2. The van der Waals surface area contributed by atoms with Crippen LogP contribution in [0.4, 0.5) is 4.39 Å². The number of hydrogen-bond acceptors (Lipinski definition) is 2. The van der Waals surface area contributed by atoms with E-state index in [0.29, 0.717) is 12.4 Å². The van der Waals surface area contributed by atoms with Crippen LogP contribution in [0.3, 0.4) is 0 Å². The summed E-state index contributed by atoms with van der Waals surface area (Å²) >= 11 is 0. The van der Waals surface area contributed by atoms with Crippen LogP contribution in [0.5, 0.6) is 5.75 Å². The number of ketones is 1. The Labute approximate surface area is 118 Å². The van der Waals surface area contributed by atoms with Crippen molar-refractivity contribution < 1.29 is 13.9 Å². The Balaban J connectivity index is 2.20. The zero-order valence-corrected chi connectivity index (χ0v) is 11.9. The van der Waals surface area contributed by atoms with Crippen molar-refractivity contribution in [1.82, 2.24) is 0 Å². The molecule has 0 saturated carbocycles. The van der Waals surface area contributed by atoms with Crippen LogP contribution in [0.2, 0.25) is 0 Å². The summed E-state index contributed by atoms with van der Waals surface area (Å²) in [5.41, 5.74) is 3.62. The second-order valence-electron chi connectivity index (χ2n) is 4.98. The average molecular weight is 272 g/mol. The zero-order chi connectivity index (χ0) is 14.7. The van der Waals surface area contributed by atoms with Gasteiger partial charge in [0.1, 0.15) is 18.2 Å². The standard InChI is InChI=1S/C17H17FO2/c1-11-6-12(2)8-14(7-11)10-20-17-5-4-15(18)9-16(17)13(3)19/h4-9H,10H2,1-3H3. The van der Waals surface area contributed by atoms with Gasteiger partial charge < -0.3 is 4.74 Å². The van der Waals surface area contributed by atoms with E-state index in [0.717, 1.165) is 16.7 Å². The molecule has 0 atom stereocenters. The lowest BCUT2D eigenvalue weighted by atomic mass is 10.1. The molecule has 0 aliphatic rings. The topological polar surface area (TPSA) is 26.3 Å². The molecule has 0 aliphatic heterocycles. The molecule has 104 valence electrons. The predicted octanol–water partition coefficient (Wildman–Crippen LogP) is 4.22. The zero-order valence-electron chi connectivity index (χ0n) is 11.9. The first kappa shape index (κ1) is 14.3. The summed E-state index contributed by atoms with van der Waals surface area (Å²) in [6, 6.07) is 10.1. The minimum atomic E-state index is -0.436. The summed E-state index contributed by atoms with van der Waals surface area (Å²) in [5, 5.41) is 0. The van der Waals surface area contributed by atoms with Crippen LogP contribution in [0, 0.1) is 19.7 Å². The van der Waals surface area contributed by atoms with Crippen LogP contribution < -0.4 is 4.74 Å². The van der Waals surface area contributed by atoms with Crippen molar-refractivity contribution in [2.45, 2.75) is 27.4 Å². The van der Waals surface area contributed by atoms with E-state index in [1.807, 2.05) is 26.0 Å². The first-order valence-corrected chi connectivity index (χ1v) is 6.46. The summed E-state index contributed by atoms with van der Waals surface area (Å²) in [6.07, 6.45) is 0. The Morgan fingerprint density at radius 1 is 1.10 bits per heavy atom. The smallest absolute Gasteiger partial charge is 0.163 e. The Bertz CT molecular complexity index is 627. The van der Waals surface area contributed by atoms with Crippen molar-refractivity contribution >= 4 is 5.78 Å². The van der Waals surface area contributed by atoms with Gasteiger partial charge in [0.25, 0.3) is 0 Å². The lowest BCUT2D eigenvalue weighted by molar-refractivity contribution is 0.101. The lowest BCUT2D eigenvalue weighted by Crippen LogP contribution is -2.02. The predicted molar refractivity (Wildman–Crippen MR) is 76.7 cm³/mol. The van der Waals surface area contributed by atoms with Gasteiger partial charge in [-0.1, -0.05) is 29.3 Å². The van der Waals surface area contributed by atoms with Crippen molar-refractivity contribution in [2.24, 2.45) is 0 Å². The van der Waals surface area contributed by atoms with Crippen molar-refractivity contribution in [1.29, 1.82) is 0 Å². The molecule has 0 unspecified atom stereocenters. The molecule has 0 heterocycles. The average Bonchev–Trinajstić information content (AvgIpc) is 2.36. The highest BCUT2D eigenvalue weighted by Gasteiger charge is 2.10. The second kappa shape index (κ2) is 5.87. The van der Waals surface area contributed by atoms with Crippen LogP contribution in [-0.4, -0.2) is 5.78 Å². The van der Waals surface area contributed by atoms with Gasteiger partial charge in [0.05, 0.1) is 5.56 Å². The number of carbonyl (C=O) groups is 1. The van der Waals surface area contributed by atoms with Gasteiger partial charge in [-0.2, -0.15) is 0 Å². The molecule has 2 rings (SSSR count). The second-order valence-corrected chi connectivity index (χ2v) is 4.98. The minimum Gasteiger partial charge on any atom is -0.488 e. The Morgan fingerprint density at radius 3 is 2.35 bits per heavy atom. The summed E-state index contributed by atoms with van der Waals surface area (Å²) in [5.74, 6) is -0.230. The van der Waals surface area contributed by atoms with E-state index < -0.39 is 5.82 Å². The summed E-state index contributed by atoms with van der Waals surface area (Å²) in [4.78, 5) is 11.5. The fourth-order valence-electron chi connectivity index (χ4n) is 2.22. The molecule has 0 saturated heterocycles. The number of rotatable bonds is 4. The van der Waals surface area contributed by atoms with Gasteiger partial charge in [0.2, 0.25) is 0 Å². The third-order valence-electron chi connectivity index (χ3n) is 3.00. The summed E-state index contributed by atoms with van der Waals surface area (Å²) in [6.45, 7) is 5.80. The molecule has 2 aromatic carbocycles. The van der Waals surface area contributed by atoms with Gasteiger partial charge in [-0.15, -0.1) is 0 Å². The third-order valence-corrected chi connectivity index (χ3v) is 3.00. The van der Waals surface area contributed by atoms with Crippen LogP contribution in [-0.2, 0) is 6.61 Å². The van der Waals surface area contributed by atoms with Crippen molar-refractivity contribution in [2.75, 3.05) is 0 Å². The molecular formula is C17H17FO2. The molecule has 0 N–H and O–H groups in total. The molecule has 0 amide bonds. The molecule has 0 bridgehead atoms. The molecule has 0 fully saturated rings. The molecule has 20 heavy (non-hydrogen) atoms. The molecule has 0 spiro atoms. The van der Waals surface area contributed by atoms with Gasteiger partial charge in [-0.05, 0) is 44.5 Å². The summed E-state index contributed by atoms with van der Waals surface area (Å²) < 4.78 is 18.8. The highest BCUT2D eigenvalue weighted by atomic mass is 19.1. The Kier molecular flexibility index (Phi) is 4.18. The molecule has 2 nitrogen and oxygen atoms in total. The van der Waals surface area contributed by atoms with Gasteiger partial charge in [-0.25, -0.2) is 4.39 Å². The van der Waals surface area contributed by atoms with Crippen molar-refractivity contribution in [3.05, 3.63) is 64.5 Å². The van der Waals surface area contributed by atoms with Gasteiger partial charge in [0.15, 0.2) is 5.78 Å². The largest absolute Gasteiger partial charge is 0.488 e. The molecule has 0 aromatic heterocycles. The fraction of sp³-hybridized carbons (Fsp3) is 0.235. The molecule has 2 aromatic rings. The number of carbonyl (C=O) groups excluding carboxylic acids is 1. The maximum atomic E-state index is 13.2. The van der Waals surface area contributed by atoms with Gasteiger partial charge in [-0.3, -0.25) is 4.79 Å². The van der Waals surface area contributed by atoms with Crippen molar-refractivity contribution in [3.63, 3.8) is 0 Å². The minimum absolute atomic E-state index is 0.208. The highest BCUT2D eigenvalue weighted by molar-refractivity contribution is 5.96. The van der Waals surface area contributed by atoms with Crippen LogP contribution in [0.25, 0.3) is 0 Å². The summed E-state index contributed by atoms with van der Waals surface area (Å²) in [7, 11) is 0. The van der Waals surface area contributed by atoms with E-state index in [9.17, 15) is 9.18 Å². The number of Topliss-reactive ketones (excluding diaryl/α,β-unsaturated/α-hetero) is 1. The van der Waals surface area contributed by atoms with E-state index in [1.165, 1.54) is 25.1 Å². The lowest BCUT2D eigenvalue weighted by Gasteiger charge is -2.11. The first-order chi connectivity index (χ1) is 9.45. The van der Waals surface area contributed by atoms with E-state index in [1.54, 1.807) is 0 Å². The van der Waals surface area contributed by atoms with E-state index in [-0.39, 0.29) is 11.3 Å². The number of ether oxygens (including phenoxy) is 1. The van der Waals surface area contributed by atoms with E-state index >= 15 is 0 Å². The number of benzene rings is 2.